The molecule has 7 heavy (non-hydrogen) atoms. The van der Waals surface area contributed by atoms with E-state index in [2.05, 4.69) is 0 Å². The van der Waals surface area contributed by atoms with E-state index >= 15 is 0 Å². The second kappa shape index (κ2) is 6.73. The second-order valence-corrected chi connectivity index (χ2v) is 1.53. The van der Waals surface area contributed by atoms with Gasteiger partial charge in [-0.2, -0.15) is 0 Å². The van der Waals surface area contributed by atoms with Gasteiger partial charge in [-0.15, -0.1) is 0 Å². The molecule has 0 radical (unpaired) electrons. The summed E-state index contributed by atoms with van der Waals surface area (Å²) in [7, 11) is 0. The predicted molar refractivity (Wildman–Crippen MR) is 33.7 cm³/mol. The van der Waals surface area contributed by atoms with Crippen LogP contribution in [0.5, 0.6) is 0 Å². The van der Waals surface area contributed by atoms with E-state index in [1.807, 2.05) is 6.92 Å². The van der Waals surface area contributed by atoms with E-state index in [1.165, 1.54) is 0 Å². The number of hydrogen-bond donors (Lipinski definition) is 0. The van der Waals surface area contributed by atoms with Crippen LogP contribution < -0.4 is 0 Å². The molecule has 0 aliphatic carbocycles. The van der Waals surface area contributed by atoms with Crippen LogP contribution in [0.1, 0.15) is 22.6 Å². The van der Waals surface area contributed by atoms with E-state index in [0.717, 1.165) is 6.42 Å². The van der Waals surface area contributed by atoms with Crippen LogP contribution in [0.4, 0.5) is 0 Å². The number of halogens is 1. The zero-order valence-electron chi connectivity index (χ0n) is 6.41. The van der Waals surface area contributed by atoms with Gasteiger partial charge in [-0.1, -0.05) is 6.92 Å². The van der Waals surface area contributed by atoms with Gasteiger partial charge in [-0.3, -0.25) is 4.79 Å². The van der Waals surface area contributed by atoms with Crippen molar-refractivity contribution in [3.63, 3.8) is 0 Å². The monoisotopic (exact) mass is 132 g/mol. The number of carbonyl (C=O) groups excluding carboxylic acids is 1. The van der Waals surface area contributed by atoms with Gasteiger partial charge in [0.1, 0.15) is 0 Å². The van der Waals surface area contributed by atoms with Gasteiger partial charge in [-0.25, -0.2) is 0 Å². The molecule has 0 unspecified atom stereocenters. The van der Waals surface area contributed by atoms with Gasteiger partial charge in [0, 0.05) is 6.42 Å². The fraction of sp³-hybridized carbons (Fsp3) is 0.750. The minimum atomic E-state index is -0.238. The van der Waals surface area contributed by atoms with E-state index in [0.29, 0.717) is 6.42 Å². The maximum atomic E-state index is 9.81. The molecular weight excluding hydrogens is 124 g/mol. The van der Waals surface area contributed by atoms with Gasteiger partial charge in [0.25, 0.3) is 0 Å². The number of rotatable bonds is 2. The van der Waals surface area contributed by atoms with E-state index in [9.17, 15) is 4.79 Å². The zero-order valence-corrected chi connectivity index (χ0v) is 6.58. The van der Waals surface area contributed by atoms with Gasteiger partial charge in [-0.05, 0) is 18.0 Å². The summed E-state index contributed by atoms with van der Waals surface area (Å²) in [6, 6.07) is 0. The van der Waals surface area contributed by atoms with Gasteiger partial charge in [0.05, 0.1) is 0 Å². The third-order valence-corrected chi connectivity index (χ3v) is 0.636. The van der Waals surface area contributed by atoms with Crippen molar-refractivity contribution in [1.29, 1.82) is 0 Å². The third kappa shape index (κ3) is 10.8. The van der Waals surface area contributed by atoms with Crippen LogP contribution in [0.25, 0.3) is 0 Å². The third-order valence-electron chi connectivity index (χ3n) is 0.447. The molecule has 0 bridgehead atoms. The summed E-state index contributed by atoms with van der Waals surface area (Å²) in [4.78, 5) is 9.81. The summed E-state index contributed by atoms with van der Waals surface area (Å²) in [5.74, 6) is 0. The molecule has 0 atom stereocenters. The van der Waals surface area contributed by atoms with Gasteiger partial charge in [0.2, 0.25) is 5.24 Å². The minimum Gasteiger partial charge on any atom is -1.00 e. The molecule has 0 fully saturated rings. The second-order valence-electron chi connectivity index (χ2n) is 1.11. The van der Waals surface area contributed by atoms with E-state index < -0.39 is 0 Å². The Morgan fingerprint density at radius 1 is 1.86 bits per heavy atom. The molecule has 1 nitrogen and oxygen atoms in total. The average molecular weight is 133 g/mol. The van der Waals surface area contributed by atoms with Gasteiger partial charge < -0.3 is 2.85 Å². The first-order valence-electron chi connectivity index (χ1n) is 1.95. The van der Waals surface area contributed by atoms with Crippen LogP contribution in [-0.2, 0) is 4.79 Å². The van der Waals surface area contributed by atoms with Crippen LogP contribution in [0.15, 0.2) is 0 Å². The summed E-state index contributed by atoms with van der Waals surface area (Å²) < 4.78 is 0. The molecule has 0 aromatic rings. The molecule has 0 aliphatic heterocycles. The molecule has 0 N–H and O–H groups in total. The summed E-state index contributed by atoms with van der Waals surface area (Å²) in [5.41, 5.74) is 0. The minimum absolute atomic E-state index is 0. The topological polar surface area (TPSA) is 17.1 Å². The normalized spacial score (nSPS) is 7.14. The molecule has 0 aromatic carbocycles. The van der Waals surface area contributed by atoms with Crippen LogP contribution in [-0.4, -0.2) is 28.3 Å². The fourth-order valence-corrected chi connectivity index (χ4v) is 0.386. The SMILES string of the molecule is CCCC(=O)Cl.[H-].[H-].[Mg+2]. The molecule has 3 heteroatoms. The zero-order chi connectivity index (χ0) is 4.99. The first kappa shape index (κ1) is 10.7. The van der Waals surface area contributed by atoms with E-state index in [1.54, 1.807) is 0 Å². The first-order chi connectivity index (χ1) is 2.77. The molecule has 0 heterocycles. The van der Waals surface area contributed by atoms with Crippen molar-refractivity contribution in [2.45, 2.75) is 19.8 Å². The van der Waals surface area contributed by atoms with E-state index in [-0.39, 0.29) is 31.1 Å². The van der Waals surface area contributed by atoms with Crippen LogP contribution >= 0.6 is 11.6 Å². The van der Waals surface area contributed by atoms with Crippen molar-refractivity contribution in [2.24, 2.45) is 0 Å². The quantitative estimate of drug-likeness (QED) is 0.410. The Morgan fingerprint density at radius 2 is 2.29 bits per heavy atom. The number of hydrogen-bond acceptors (Lipinski definition) is 1. The molecule has 0 saturated heterocycles. The Labute approximate surface area is 67.5 Å². The Kier molecular flexibility index (Phi) is 10.2. The van der Waals surface area contributed by atoms with E-state index in [4.69, 9.17) is 11.6 Å². The first-order valence-corrected chi connectivity index (χ1v) is 2.33. The average Bonchev–Trinajstić information content (AvgIpc) is 1.35. The van der Waals surface area contributed by atoms with Crippen LogP contribution in [0, 0.1) is 0 Å². The summed E-state index contributed by atoms with van der Waals surface area (Å²) in [6.45, 7) is 1.92. The smallest absolute Gasteiger partial charge is 1.00 e. The molecule has 0 saturated carbocycles. The maximum Gasteiger partial charge on any atom is 2.00 e. The van der Waals surface area contributed by atoms with Crippen molar-refractivity contribution in [1.82, 2.24) is 0 Å². The standard InChI is InChI=1S/C4H7ClO.Mg.2H/c1-2-3-4(5)6;;;/h2-3H2,1H3;;;/q;+2;2*-1. The van der Waals surface area contributed by atoms with Crippen molar-refractivity contribution in [3.05, 3.63) is 0 Å². The Bertz CT molecular complexity index is 62.5. The molecule has 40 valence electrons. The molecule has 0 aliphatic rings. The molecule has 0 amide bonds. The fourth-order valence-electron chi connectivity index (χ4n) is 0.197. The van der Waals surface area contributed by atoms with Crippen molar-refractivity contribution >= 4 is 39.9 Å². The van der Waals surface area contributed by atoms with Gasteiger partial charge in [0.15, 0.2) is 0 Å². The molecule has 0 spiro atoms. The largest absolute Gasteiger partial charge is 2.00 e. The molecule has 0 rings (SSSR count). The van der Waals surface area contributed by atoms with Crippen LogP contribution in [0.2, 0.25) is 0 Å². The Hall–Kier alpha value is 0.726. The predicted octanol–water partition coefficient (Wildman–Crippen LogP) is 1.40. The summed E-state index contributed by atoms with van der Waals surface area (Å²) in [5, 5.41) is -0.238. The van der Waals surface area contributed by atoms with Crippen molar-refractivity contribution in [2.75, 3.05) is 0 Å². The Morgan fingerprint density at radius 3 is 2.29 bits per heavy atom. The summed E-state index contributed by atoms with van der Waals surface area (Å²) in [6.07, 6.45) is 1.35. The molecule has 0 aromatic heterocycles. The van der Waals surface area contributed by atoms with Crippen molar-refractivity contribution < 1.29 is 7.65 Å². The number of carbonyl (C=O) groups is 1. The molecular formula is C4H9ClMgO. The van der Waals surface area contributed by atoms with Crippen molar-refractivity contribution in [3.8, 4) is 0 Å². The Balaban J connectivity index is -0.0000000417. The van der Waals surface area contributed by atoms with Crippen LogP contribution in [0.3, 0.4) is 0 Å². The summed E-state index contributed by atoms with van der Waals surface area (Å²) >= 11 is 4.94. The maximum absolute atomic E-state index is 9.81. The van der Waals surface area contributed by atoms with Gasteiger partial charge >= 0.3 is 23.1 Å².